The van der Waals surface area contributed by atoms with Crippen molar-refractivity contribution in [3.63, 3.8) is 0 Å². The number of nitriles is 1. The summed E-state index contributed by atoms with van der Waals surface area (Å²) in [6.45, 7) is 2.25. The van der Waals surface area contributed by atoms with E-state index >= 15 is 0 Å². The molecule has 0 radical (unpaired) electrons. The molecule has 1 heterocycles. The van der Waals surface area contributed by atoms with Crippen molar-refractivity contribution in [2.24, 2.45) is 0 Å². The van der Waals surface area contributed by atoms with E-state index in [2.05, 4.69) is 10.6 Å². The van der Waals surface area contributed by atoms with E-state index in [9.17, 15) is 9.59 Å². The molecule has 1 aromatic carbocycles. The molecule has 2 N–H and O–H groups in total. The zero-order valence-corrected chi connectivity index (χ0v) is 11.1. The molecule has 0 atom stereocenters. The first-order chi connectivity index (χ1) is 9.69. The summed E-state index contributed by atoms with van der Waals surface area (Å²) in [4.78, 5) is 25.0. The van der Waals surface area contributed by atoms with E-state index in [4.69, 9.17) is 5.26 Å². The SMILES string of the molecule is N#Cc1ccccc1NC(=O)CCN1CCNC(=O)C1. The van der Waals surface area contributed by atoms with Crippen molar-refractivity contribution in [3.8, 4) is 6.07 Å². The summed E-state index contributed by atoms with van der Waals surface area (Å²) in [5.41, 5.74) is 0.967. The number of carbonyl (C=O) groups is 2. The van der Waals surface area contributed by atoms with Crippen LogP contribution < -0.4 is 10.6 Å². The normalized spacial score (nSPS) is 15.2. The molecule has 2 rings (SSSR count). The van der Waals surface area contributed by atoms with Crippen molar-refractivity contribution in [1.29, 1.82) is 5.26 Å². The molecule has 1 fully saturated rings. The lowest BCUT2D eigenvalue weighted by Crippen LogP contribution is -2.48. The van der Waals surface area contributed by atoms with Crippen molar-refractivity contribution < 1.29 is 9.59 Å². The minimum absolute atomic E-state index is 0.00788. The third kappa shape index (κ3) is 3.80. The molecule has 1 saturated heterocycles. The number of piperazine rings is 1. The summed E-state index contributed by atoms with van der Waals surface area (Å²) in [5, 5.41) is 14.4. The van der Waals surface area contributed by atoms with Crippen molar-refractivity contribution in [3.05, 3.63) is 29.8 Å². The van der Waals surface area contributed by atoms with Gasteiger partial charge in [0.25, 0.3) is 0 Å². The number of hydrogen-bond acceptors (Lipinski definition) is 4. The van der Waals surface area contributed by atoms with Crippen LogP contribution in [0.3, 0.4) is 0 Å². The number of nitrogens with zero attached hydrogens (tertiary/aromatic N) is 2. The topological polar surface area (TPSA) is 85.2 Å². The first-order valence-corrected chi connectivity index (χ1v) is 6.47. The Morgan fingerprint density at radius 2 is 2.25 bits per heavy atom. The van der Waals surface area contributed by atoms with Gasteiger partial charge < -0.3 is 10.6 Å². The fourth-order valence-corrected chi connectivity index (χ4v) is 2.04. The molecule has 1 aromatic rings. The molecule has 0 unspecified atom stereocenters. The lowest BCUT2D eigenvalue weighted by Gasteiger charge is -2.26. The highest BCUT2D eigenvalue weighted by atomic mass is 16.2. The van der Waals surface area contributed by atoms with Crippen molar-refractivity contribution in [1.82, 2.24) is 10.2 Å². The van der Waals surface area contributed by atoms with Gasteiger partial charge in [0.15, 0.2) is 0 Å². The Labute approximate surface area is 117 Å². The fraction of sp³-hybridized carbons (Fsp3) is 0.357. The van der Waals surface area contributed by atoms with Gasteiger partial charge in [-0.05, 0) is 12.1 Å². The Morgan fingerprint density at radius 3 is 3.00 bits per heavy atom. The number of hydrogen-bond donors (Lipinski definition) is 2. The van der Waals surface area contributed by atoms with Crippen molar-refractivity contribution in [2.45, 2.75) is 6.42 Å². The molecule has 2 amide bonds. The van der Waals surface area contributed by atoms with Crippen LogP contribution >= 0.6 is 0 Å². The average Bonchev–Trinajstić information content (AvgIpc) is 2.46. The van der Waals surface area contributed by atoms with Crippen LogP contribution in [0.5, 0.6) is 0 Å². The molecule has 0 aromatic heterocycles. The highest BCUT2D eigenvalue weighted by Crippen LogP contribution is 2.13. The van der Waals surface area contributed by atoms with Gasteiger partial charge in [0.2, 0.25) is 11.8 Å². The van der Waals surface area contributed by atoms with Gasteiger partial charge in [0, 0.05) is 26.1 Å². The smallest absolute Gasteiger partial charge is 0.234 e. The van der Waals surface area contributed by atoms with E-state index in [1.54, 1.807) is 24.3 Å². The number of amides is 2. The molecule has 0 spiro atoms. The Balaban J connectivity index is 1.83. The molecule has 20 heavy (non-hydrogen) atoms. The molecule has 6 heteroatoms. The summed E-state index contributed by atoms with van der Waals surface area (Å²) in [7, 11) is 0. The summed E-state index contributed by atoms with van der Waals surface area (Å²) in [6, 6.07) is 8.91. The van der Waals surface area contributed by atoms with Crippen LogP contribution in [0.4, 0.5) is 5.69 Å². The Kier molecular flexibility index (Phi) is 4.69. The number of para-hydroxylation sites is 1. The average molecular weight is 272 g/mol. The van der Waals surface area contributed by atoms with Gasteiger partial charge in [0.05, 0.1) is 17.8 Å². The standard InChI is InChI=1S/C14H16N4O2/c15-9-11-3-1-2-4-12(11)17-13(19)5-7-18-8-6-16-14(20)10-18/h1-4H,5-8,10H2,(H,16,20)(H,17,19). The number of anilines is 1. The minimum Gasteiger partial charge on any atom is -0.354 e. The van der Waals surface area contributed by atoms with Crippen LogP contribution in [0.1, 0.15) is 12.0 Å². The van der Waals surface area contributed by atoms with E-state index in [1.807, 2.05) is 11.0 Å². The van der Waals surface area contributed by atoms with Crippen LogP contribution in [0, 0.1) is 11.3 Å². The zero-order valence-electron chi connectivity index (χ0n) is 11.1. The number of nitrogens with one attached hydrogen (secondary N) is 2. The van der Waals surface area contributed by atoms with Crippen LogP contribution in [0.15, 0.2) is 24.3 Å². The summed E-state index contributed by atoms with van der Waals surface area (Å²) in [6.07, 6.45) is 0.299. The summed E-state index contributed by atoms with van der Waals surface area (Å²) >= 11 is 0. The van der Waals surface area contributed by atoms with E-state index < -0.39 is 0 Å². The second-order valence-electron chi connectivity index (χ2n) is 4.58. The minimum atomic E-state index is -0.154. The molecule has 0 bridgehead atoms. The molecule has 0 aliphatic carbocycles. The largest absolute Gasteiger partial charge is 0.354 e. The first-order valence-electron chi connectivity index (χ1n) is 6.47. The predicted molar refractivity (Wildman–Crippen MR) is 73.9 cm³/mol. The van der Waals surface area contributed by atoms with E-state index in [0.717, 1.165) is 6.54 Å². The maximum Gasteiger partial charge on any atom is 0.234 e. The van der Waals surface area contributed by atoms with E-state index in [1.165, 1.54) is 0 Å². The quantitative estimate of drug-likeness (QED) is 0.826. The van der Waals surface area contributed by atoms with Gasteiger partial charge in [-0.15, -0.1) is 0 Å². The highest BCUT2D eigenvalue weighted by Gasteiger charge is 2.16. The Morgan fingerprint density at radius 1 is 1.45 bits per heavy atom. The molecule has 1 aliphatic heterocycles. The summed E-state index contributed by atoms with van der Waals surface area (Å²) < 4.78 is 0. The van der Waals surface area contributed by atoms with E-state index in [-0.39, 0.29) is 11.8 Å². The van der Waals surface area contributed by atoms with Crippen LogP contribution in [0.2, 0.25) is 0 Å². The van der Waals surface area contributed by atoms with Gasteiger partial charge >= 0.3 is 0 Å². The zero-order chi connectivity index (χ0) is 14.4. The summed E-state index contributed by atoms with van der Waals surface area (Å²) in [5.74, 6) is -0.162. The third-order valence-electron chi connectivity index (χ3n) is 3.09. The van der Waals surface area contributed by atoms with Gasteiger partial charge in [0.1, 0.15) is 6.07 Å². The molecule has 0 saturated carbocycles. The molecule has 104 valence electrons. The highest BCUT2D eigenvalue weighted by molar-refractivity contribution is 5.92. The third-order valence-corrected chi connectivity index (χ3v) is 3.09. The fourth-order valence-electron chi connectivity index (χ4n) is 2.04. The van der Waals surface area contributed by atoms with Gasteiger partial charge in [-0.25, -0.2) is 0 Å². The van der Waals surface area contributed by atoms with Gasteiger partial charge in [-0.1, -0.05) is 12.1 Å². The number of rotatable bonds is 4. The lowest BCUT2D eigenvalue weighted by molar-refractivity contribution is -0.125. The number of benzene rings is 1. The van der Waals surface area contributed by atoms with Gasteiger partial charge in [-0.2, -0.15) is 5.26 Å². The second kappa shape index (κ2) is 6.68. The molecule has 6 nitrogen and oxygen atoms in total. The van der Waals surface area contributed by atoms with Crippen LogP contribution in [-0.2, 0) is 9.59 Å². The predicted octanol–water partition coefficient (Wildman–Crippen LogP) is 0.319. The van der Waals surface area contributed by atoms with Gasteiger partial charge in [-0.3, -0.25) is 14.5 Å². The Bertz CT molecular complexity index is 550. The lowest BCUT2D eigenvalue weighted by atomic mass is 10.2. The first kappa shape index (κ1) is 14.0. The van der Waals surface area contributed by atoms with Crippen LogP contribution in [0.25, 0.3) is 0 Å². The van der Waals surface area contributed by atoms with E-state index in [0.29, 0.717) is 37.3 Å². The molecular weight excluding hydrogens is 256 g/mol. The van der Waals surface area contributed by atoms with Crippen molar-refractivity contribution in [2.75, 3.05) is 31.5 Å². The monoisotopic (exact) mass is 272 g/mol. The Hall–Kier alpha value is -2.39. The van der Waals surface area contributed by atoms with Crippen LogP contribution in [-0.4, -0.2) is 42.9 Å². The maximum atomic E-state index is 11.9. The second-order valence-corrected chi connectivity index (χ2v) is 4.58. The molecular formula is C14H16N4O2. The molecule has 1 aliphatic rings. The maximum absolute atomic E-state index is 11.9. The van der Waals surface area contributed by atoms with Crippen molar-refractivity contribution >= 4 is 17.5 Å². The number of carbonyl (C=O) groups excluding carboxylic acids is 2.